The van der Waals surface area contributed by atoms with Crippen molar-refractivity contribution < 1.29 is 102 Å². The maximum atomic E-state index is 14.8. The fraction of sp³-hybridized carbons (Fsp3) is 0.552. The number of cyclic esters (lactones) is 1. The molecule has 1 saturated heterocycles. The number of fused-ring (bicyclic) bond motifs is 1. The monoisotopic (exact) mass is 1460 g/mol. The van der Waals surface area contributed by atoms with Crippen LogP contribution in [-0.2, 0) is 94.3 Å². The van der Waals surface area contributed by atoms with Crippen molar-refractivity contribution >= 4 is 106 Å². The molecular weight excluding hydrogens is 1360 g/mol. The Morgan fingerprint density at radius 3 is 1.64 bits per heavy atom. The zero-order valence-corrected chi connectivity index (χ0v) is 58.5. The largest absolute Gasteiger partial charge is 0.481 e. The van der Waals surface area contributed by atoms with Crippen LogP contribution in [0.3, 0.4) is 0 Å². The molecule has 0 spiro atoms. The van der Waals surface area contributed by atoms with Crippen molar-refractivity contribution in [3.05, 3.63) is 71.9 Å². The number of ether oxygens (including phenoxy) is 1. The minimum absolute atomic E-state index is 0.213. The van der Waals surface area contributed by atoms with E-state index in [4.69, 9.17) is 21.9 Å². The summed E-state index contributed by atoms with van der Waals surface area (Å²) in [6, 6.07) is -3.51. The van der Waals surface area contributed by atoms with Gasteiger partial charge >= 0.3 is 17.9 Å². The summed E-state index contributed by atoms with van der Waals surface area (Å²) in [5.41, 5.74) is 18.8. The van der Waals surface area contributed by atoms with Gasteiger partial charge in [0.2, 0.25) is 76.8 Å². The number of nitrogens with two attached hydrogens (primary N) is 3. The number of carboxylic acid groups (broad SMARTS) is 2. The standard InChI is InChI=1S/C67H98N16O21/c1-6-34(3)14-13-17-39(85)26-51(87)76-49(33-84)64(100)83-57-36(5)104-67(103)48(24-37-15-9-8-10-16-37)81-61(97)43(21-23-69)77-65(101)56(35(4)7-2)82-63(99)44(25-38-30-71-41-19-12-11-18-40(38)41)74-52(88)31-72-59(95)47(29-55(92)93)80-62(98)45(27-50(70)86)75-53(89)32-73-58(94)46(28-54(90)91)79-60(96)42(20-22-68)78-66(57)102/h8-12,15-16,18-19,30,34-36,39,42-49,56-57,71,84-85H,6-7,13-14,17,20-29,31-33,68-69H2,1-5H3,(H2,70,86)(H,72,95)(H,73,94)(H,74,88)(H,75,89)(H,76,87)(H,77,101)(H,78,102)(H,79,96)(H,80,98)(H,81,97)(H,82,99)(H,83,100)(H,90,91)(H,92,93)/t34?,35-,36+,39?,42+,43-,44-,45+,46-,47+,48-,49+,56-,57-/m0/s1. The van der Waals surface area contributed by atoms with Crippen LogP contribution < -0.4 is 81.0 Å². The Morgan fingerprint density at radius 1 is 0.596 bits per heavy atom. The molecule has 37 heteroatoms. The van der Waals surface area contributed by atoms with Gasteiger partial charge in [0.1, 0.15) is 66.5 Å². The van der Waals surface area contributed by atoms with Gasteiger partial charge in [-0.1, -0.05) is 102 Å². The number of aliphatic carboxylic acids is 2. The Labute approximate surface area is 598 Å². The maximum absolute atomic E-state index is 14.8. The fourth-order valence-electron chi connectivity index (χ4n) is 10.8. The van der Waals surface area contributed by atoms with Gasteiger partial charge in [-0.2, -0.15) is 0 Å². The summed E-state index contributed by atoms with van der Waals surface area (Å²) in [6.07, 6.45) is -4.21. The first-order valence-corrected chi connectivity index (χ1v) is 34.1. The summed E-state index contributed by atoms with van der Waals surface area (Å²) < 4.78 is 5.86. The van der Waals surface area contributed by atoms with Gasteiger partial charge in [0.25, 0.3) is 0 Å². The minimum atomic E-state index is -2.14. The second-order valence-corrected chi connectivity index (χ2v) is 25.4. The lowest BCUT2D eigenvalue weighted by Crippen LogP contribution is -2.62. The smallest absolute Gasteiger partial charge is 0.329 e. The Hall–Kier alpha value is -10.7. The maximum Gasteiger partial charge on any atom is 0.329 e. The molecule has 0 radical (unpaired) electrons. The molecule has 23 N–H and O–H groups in total. The van der Waals surface area contributed by atoms with Gasteiger partial charge in [-0.15, -0.1) is 0 Å². The molecule has 0 aliphatic carbocycles. The van der Waals surface area contributed by atoms with Gasteiger partial charge in [-0.3, -0.25) is 71.9 Å². The van der Waals surface area contributed by atoms with Crippen molar-refractivity contribution in [1.82, 2.24) is 68.8 Å². The normalized spacial score (nSPS) is 23.5. The SMILES string of the molecule is CCC(C)CCCC(O)CC(=O)N[C@H](CO)C(=O)N[C@@H]1C(=O)N[C@H](CCN)C(=O)N[C@@H](CC(=O)O)C(=O)NCC(=O)N[C@H](CC(N)=O)C(=O)N[C@H](CC(=O)O)C(=O)NCC(=O)N[C@@H](Cc2c[nH]c3ccccc23)C(=O)N[C@@H]([C@@H](C)CC)C(=O)N[C@@H](CCN)C(=O)N[C@@H](Cc2ccccc2)C(=O)O[C@@H]1C. The second-order valence-electron chi connectivity index (χ2n) is 25.4. The molecule has 0 saturated carbocycles. The zero-order valence-electron chi connectivity index (χ0n) is 58.5. The predicted octanol–water partition coefficient (Wildman–Crippen LogP) is -5.49. The summed E-state index contributed by atoms with van der Waals surface area (Å²) in [7, 11) is 0. The van der Waals surface area contributed by atoms with E-state index in [0.717, 1.165) is 19.8 Å². The first-order valence-electron chi connectivity index (χ1n) is 34.1. The molecular formula is C67H98N16O21. The molecule has 1 aliphatic rings. The fourth-order valence-corrected chi connectivity index (χ4v) is 10.8. The summed E-state index contributed by atoms with van der Waals surface area (Å²) in [5.74, 6) is -20.7. The van der Waals surface area contributed by atoms with Crippen LogP contribution in [0.15, 0.2) is 60.8 Å². The van der Waals surface area contributed by atoms with E-state index in [-0.39, 0.29) is 38.6 Å². The zero-order chi connectivity index (χ0) is 77.3. The number of benzene rings is 2. The molecule has 37 nitrogen and oxygen atoms in total. The van der Waals surface area contributed by atoms with E-state index in [0.29, 0.717) is 34.4 Å². The van der Waals surface area contributed by atoms with Crippen LogP contribution in [0.1, 0.15) is 116 Å². The number of amides is 13. The lowest BCUT2D eigenvalue weighted by molar-refractivity contribution is -0.156. The van der Waals surface area contributed by atoms with Crippen LogP contribution in [0.2, 0.25) is 0 Å². The lowest BCUT2D eigenvalue weighted by atomic mass is 9.96. The van der Waals surface area contributed by atoms with E-state index >= 15 is 0 Å². The number of rotatable bonds is 27. The molecule has 2 unspecified atom stereocenters. The van der Waals surface area contributed by atoms with Crippen molar-refractivity contribution in [1.29, 1.82) is 0 Å². The predicted molar refractivity (Wildman–Crippen MR) is 369 cm³/mol. The molecule has 14 atom stereocenters. The van der Waals surface area contributed by atoms with Gasteiger partial charge in [-0.25, -0.2) is 4.79 Å². The Balaban J connectivity index is 1.87. The number of hydrogen-bond acceptors (Lipinski definition) is 21. The number of aromatic amines is 1. The van der Waals surface area contributed by atoms with E-state index < -0.39 is 232 Å². The number of aliphatic hydroxyl groups is 2. The number of esters is 1. The Kier molecular flexibility index (Phi) is 35.7. The third-order valence-corrected chi connectivity index (χ3v) is 17.1. The highest BCUT2D eigenvalue weighted by atomic mass is 16.5. The summed E-state index contributed by atoms with van der Waals surface area (Å²) in [4.78, 5) is 223. The van der Waals surface area contributed by atoms with Gasteiger partial charge in [-0.05, 0) is 68.3 Å². The van der Waals surface area contributed by atoms with Crippen LogP contribution in [0, 0.1) is 11.8 Å². The van der Waals surface area contributed by atoms with Crippen LogP contribution in [-0.4, -0.2) is 226 Å². The molecule has 1 fully saturated rings. The van der Waals surface area contributed by atoms with E-state index in [2.05, 4.69) is 63.5 Å². The number of nitrogens with one attached hydrogen (secondary N) is 13. The molecule has 1 aromatic heterocycles. The van der Waals surface area contributed by atoms with Crippen molar-refractivity contribution in [2.75, 3.05) is 32.8 Å². The topological polar surface area (TPSA) is 601 Å². The number of H-pyrrole nitrogens is 1. The summed E-state index contributed by atoms with van der Waals surface area (Å²) in [5, 5.41) is 69.1. The Bertz CT molecular complexity index is 3500. The number of carboxylic acids is 2. The van der Waals surface area contributed by atoms with Gasteiger partial charge < -0.3 is 111 Å². The van der Waals surface area contributed by atoms with Gasteiger partial charge in [0, 0.05) is 29.9 Å². The molecule has 2 aromatic carbocycles. The van der Waals surface area contributed by atoms with Crippen LogP contribution in [0.4, 0.5) is 0 Å². The third kappa shape index (κ3) is 28.6. The van der Waals surface area contributed by atoms with E-state index in [1.807, 2.05) is 19.2 Å². The van der Waals surface area contributed by atoms with Crippen molar-refractivity contribution in [2.45, 2.75) is 191 Å². The third-order valence-electron chi connectivity index (χ3n) is 17.1. The highest BCUT2D eigenvalue weighted by Crippen LogP contribution is 2.21. The van der Waals surface area contributed by atoms with Crippen LogP contribution >= 0.6 is 0 Å². The minimum Gasteiger partial charge on any atom is -0.481 e. The molecule has 104 heavy (non-hydrogen) atoms. The van der Waals surface area contributed by atoms with Gasteiger partial charge in [0.15, 0.2) is 0 Å². The van der Waals surface area contributed by atoms with E-state index in [9.17, 15) is 97.1 Å². The van der Waals surface area contributed by atoms with Crippen LogP contribution in [0.25, 0.3) is 10.9 Å². The molecule has 4 rings (SSSR count). The van der Waals surface area contributed by atoms with Crippen molar-refractivity contribution in [3.63, 3.8) is 0 Å². The lowest BCUT2D eigenvalue weighted by Gasteiger charge is -2.30. The first-order chi connectivity index (χ1) is 49.3. The molecule has 2 heterocycles. The number of aromatic nitrogens is 1. The summed E-state index contributed by atoms with van der Waals surface area (Å²) in [6.45, 7) is 4.44. The summed E-state index contributed by atoms with van der Waals surface area (Å²) >= 11 is 0. The first kappa shape index (κ1) is 85.8. The average molecular weight is 1460 g/mol. The highest BCUT2D eigenvalue weighted by Gasteiger charge is 2.40. The number of carbonyl (C=O) groups excluding carboxylic acids is 14. The molecule has 1 aliphatic heterocycles. The average Bonchev–Trinajstić information content (AvgIpc) is 1.73. The number of carbonyl (C=O) groups is 16. The van der Waals surface area contributed by atoms with Crippen molar-refractivity contribution in [2.24, 2.45) is 29.0 Å². The molecule has 3 aromatic rings. The number of hydrogen-bond donors (Lipinski definition) is 20. The molecule has 572 valence electrons. The number of aliphatic hydroxyl groups excluding tert-OH is 2. The number of primary amides is 1. The Morgan fingerprint density at radius 2 is 1.11 bits per heavy atom. The van der Waals surface area contributed by atoms with Gasteiger partial charge in [0.05, 0.1) is 51.5 Å². The number of para-hydroxylation sites is 1. The van der Waals surface area contributed by atoms with Crippen LogP contribution in [0.5, 0.6) is 0 Å². The van der Waals surface area contributed by atoms with E-state index in [1.54, 1.807) is 74.6 Å². The van der Waals surface area contributed by atoms with Crippen molar-refractivity contribution in [3.8, 4) is 0 Å². The van der Waals surface area contributed by atoms with E-state index in [1.165, 1.54) is 0 Å². The second kappa shape index (κ2) is 43.3. The highest BCUT2D eigenvalue weighted by molar-refractivity contribution is 6.01. The quantitative estimate of drug-likeness (QED) is 0.0317. The molecule has 0 bridgehead atoms. The molecule has 13 amide bonds.